The predicted molar refractivity (Wildman–Crippen MR) is 110 cm³/mol. The fraction of sp³-hybridized carbons (Fsp3) is 0.556. The first-order valence-electron chi connectivity index (χ1n) is 7.14. The number of aromatic nitrogens is 2. The van der Waals surface area contributed by atoms with Crippen LogP contribution in [-0.2, 0) is 31.6 Å². The molecule has 1 aromatic rings. The summed E-state index contributed by atoms with van der Waals surface area (Å²) in [6.07, 6.45) is -2.42. The van der Waals surface area contributed by atoms with Gasteiger partial charge in [-0.05, 0) is 6.07 Å². The van der Waals surface area contributed by atoms with E-state index in [1.54, 1.807) is 0 Å². The molecule has 32 heavy (non-hydrogen) atoms. The molecule has 0 aromatic carbocycles. The van der Waals surface area contributed by atoms with Gasteiger partial charge in [-0.1, -0.05) is 0 Å². The molecule has 1 fully saturated rings. The van der Waals surface area contributed by atoms with Crippen LogP contribution in [0.25, 0.3) is 0 Å². The first-order chi connectivity index (χ1) is 12.7. The summed E-state index contributed by atoms with van der Waals surface area (Å²) in [6.45, 7) is -0.849. The normalized spacial score (nSPS) is 23.8. The second-order valence-corrected chi connectivity index (χ2v) is 9.78. The molecule has 0 saturated carbocycles. The van der Waals surface area contributed by atoms with Crippen molar-refractivity contribution in [3.05, 3.63) is 22.7 Å². The van der Waals surface area contributed by atoms with E-state index in [-0.39, 0.29) is 130 Å². The van der Waals surface area contributed by atoms with Crippen LogP contribution in [0.2, 0.25) is 0 Å². The standard InChI is InChI=1S/C9H16N3O13P3.4Na/c10-7-1-2-12(9(14)11-7)8-3-5(13)6(23-8)4-22-27(18,19)25-28(20,21)24-26(15,16)17;;;;/h1-2,5-6,8,13H,3-4H2,(H,18,19)(H,20,21)(H2,10,11,14)(H2,15,16,17);;;;/t5-,6+,8+;;;;/m0..../s1. The van der Waals surface area contributed by atoms with E-state index in [4.69, 9.17) is 25.2 Å². The molecule has 0 aliphatic carbocycles. The van der Waals surface area contributed by atoms with Crippen LogP contribution < -0.4 is 11.4 Å². The molecule has 1 aliphatic rings. The molecule has 1 aliphatic heterocycles. The van der Waals surface area contributed by atoms with Gasteiger partial charge in [-0.25, -0.2) is 18.5 Å². The van der Waals surface area contributed by atoms with Gasteiger partial charge in [0.25, 0.3) is 0 Å². The van der Waals surface area contributed by atoms with Gasteiger partial charge >= 0.3 is 29.2 Å². The summed E-state index contributed by atoms with van der Waals surface area (Å²) in [5, 5.41) is 9.94. The monoisotopic (exact) mass is 559 g/mol. The number of anilines is 1. The van der Waals surface area contributed by atoms with Gasteiger partial charge in [0.2, 0.25) is 0 Å². The Labute approximate surface area is 269 Å². The van der Waals surface area contributed by atoms with Crippen LogP contribution in [0, 0.1) is 0 Å². The number of hydrogen-bond acceptors (Lipinski definition) is 11. The number of hydrogen-bond donors (Lipinski definition) is 6. The summed E-state index contributed by atoms with van der Waals surface area (Å²) in [5.74, 6) is -0.0380. The van der Waals surface area contributed by atoms with Crippen LogP contribution in [0.15, 0.2) is 17.1 Å². The molecule has 2 heterocycles. The van der Waals surface area contributed by atoms with E-state index >= 15 is 0 Å². The summed E-state index contributed by atoms with van der Waals surface area (Å²) in [4.78, 5) is 50.5. The predicted octanol–water partition coefficient (Wildman–Crippen LogP) is -2.71. The number of nitrogens with two attached hydrogens (primary N) is 1. The Balaban J connectivity index is -0.00000210. The number of phosphoric acid groups is 3. The quantitative estimate of drug-likeness (QED) is 0.140. The third-order valence-electron chi connectivity index (χ3n) is 3.18. The van der Waals surface area contributed by atoms with Gasteiger partial charge in [0.15, 0.2) is 0 Å². The third kappa shape index (κ3) is 13.5. The maximum atomic E-state index is 11.8. The number of aliphatic hydroxyl groups excluding tert-OH is 1. The van der Waals surface area contributed by atoms with E-state index in [1.165, 1.54) is 12.3 Å². The van der Waals surface area contributed by atoms with Crippen molar-refractivity contribution in [2.75, 3.05) is 12.3 Å². The largest absolute Gasteiger partial charge is 0.490 e. The summed E-state index contributed by atoms with van der Waals surface area (Å²) in [6, 6.07) is 1.30. The van der Waals surface area contributed by atoms with E-state index in [0.29, 0.717) is 0 Å². The van der Waals surface area contributed by atoms with Crippen LogP contribution in [0.3, 0.4) is 0 Å². The average Bonchev–Trinajstić information content (AvgIpc) is 2.82. The van der Waals surface area contributed by atoms with Crippen molar-refractivity contribution in [1.29, 1.82) is 0 Å². The zero-order valence-electron chi connectivity index (χ0n) is 17.6. The molecule has 0 spiro atoms. The molecule has 16 nitrogen and oxygen atoms in total. The molecule has 2 unspecified atom stereocenters. The smallest absolute Gasteiger partial charge is 0.390 e. The Morgan fingerprint density at radius 3 is 2.16 bits per heavy atom. The molecular weight excluding hydrogens is 543 g/mol. The summed E-state index contributed by atoms with van der Waals surface area (Å²) >= 11 is 0. The molecule has 2 rings (SSSR count). The van der Waals surface area contributed by atoms with Crippen LogP contribution in [0.1, 0.15) is 12.6 Å². The van der Waals surface area contributed by atoms with E-state index in [0.717, 1.165) is 4.57 Å². The van der Waals surface area contributed by atoms with Gasteiger partial charge in [-0.15, -0.1) is 0 Å². The zero-order chi connectivity index (χ0) is 21.3. The summed E-state index contributed by atoms with van der Waals surface area (Å²) < 4.78 is 51.2. The van der Waals surface area contributed by atoms with E-state index in [1.807, 2.05) is 0 Å². The molecule has 1 aromatic heterocycles. The van der Waals surface area contributed by atoms with Crippen molar-refractivity contribution >= 4 is 148 Å². The summed E-state index contributed by atoms with van der Waals surface area (Å²) in [5.41, 5.74) is 4.58. The Hall–Kier alpha value is 3.01. The van der Waals surface area contributed by atoms with Gasteiger partial charge in [0.1, 0.15) is 18.1 Å². The molecule has 23 heteroatoms. The van der Waals surface area contributed by atoms with Crippen molar-refractivity contribution in [2.24, 2.45) is 0 Å². The van der Waals surface area contributed by atoms with Crippen molar-refractivity contribution in [3.63, 3.8) is 0 Å². The second-order valence-electron chi connectivity index (χ2n) is 5.36. The molecule has 5 atom stereocenters. The Morgan fingerprint density at radius 2 is 1.66 bits per heavy atom. The van der Waals surface area contributed by atoms with E-state index in [9.17, 15) is 28.5 Å². The van der Waals surface area contributed by atoms with Crippen molar-refractivity contribution in [2.45, 2.75) is 24.9 Å². The molecule has 0 amide bonds. The van der Waals surface area contributed by atoms with Crippen molar-refractivity contribution in [1.82, 2.24) is 9.55 Å². The number of nitrogen functional groups attached to an aromatic ring is 1. The minimum Gasteiger partial charge on any atom is -0.390 e. The maximum Gasteiger partial charge on any atom is 0.490 e. The second kappa shape index (κ2) is 16.1. The van der Waals surface area contributed by atoms with Gasteiger partial charge in [-0.3, -0.25) is 9.09 Å². The first-order valence-corrected chi connectivity index (χ1v) is 11.7. The zero-order valence-corrected chi connectivity index (χ0v) is 28.3. The number of rotatable bonds is 8. The van der Waals surface area contributed by atoms with Crippen molar-refractivity contribution in [3.8, 4) is 0 Å². The Bertz CT molecular complexity index is 931. The maximum absolute atomic E-state index is 11.8. The Morgan fingerprint density at radius 1 is 1.09 bits per heavy atom. The van der Waals surface area contributed by atoms with Crippen LogP contribution in [0.4, 0.5) is 5.82 Å². The summed E-state index contributed by atoms with van der Waals surface area (Å²) in [7, 11) is -16.5. The molecule has 1 saturated heterocycles. The van der Waals surface area contributed by atoms with Crippen molar-refractivity contribution < 1.29 is 56.3 Å². The Kier molecular flexibility index (Phi) is 19.9. The SMILES string of the molecule is Nc1ccn([C@H]2C[C@H](O)[C@@H](COP(=O)(O)OP(=O)(O)OP(=O)(O)O)O2)c(=O)n1.[Na].[Na].[Na].[Na]. The fourth-order valence-corrected chi connectivity index (χ4v) is 5.18. The number of phosphoric ester groups is 1. The number of nitrogens with zero attached hydrogens (tertiary/aromatic N) is 2. The van der Waals surface area contributed by atoms with Gasteiger partial charge in [-0.2, -0.15) is 13.6 Å². The molecule has 0 bridgehead atoms. The first kappa shape index (κ1) is 39.5. The minimum absolute atomic E-state index is 0. The van der Waals surface area contributed by atoms with Crippen LogP contribution in [-0.4, -0.2) is 171 Å². The fourth-order valence-electron chi connectivity index (χ4n) is 2.15. The van der Waals surface area contributed by atoms with Crippen LogP contribution in [0.5, 0.6) is 0 Å². The van der Waals surface area contributed by atoms with Gasteiger partial charge in [0, 0.05) is 131 Å². The average molecular weight is 559 g/mol. The topological polar surface area (TPSA) is 250 Å². The molecular formula is C9H16N3Na4O13P3. The van der Waals surface area contributed by atoms with Gasteiger partial charge in [0.05, 0.1) is 12.7 Å². The molecule has 4 radical (unpaired) electrons. The minimum atomic E-state index is -5.65. The van der Waals surface area contributed by atoms with E-state index < -0.39 is 54.2 Å². The van der Waals surface area contributed by atoms with Gasteiger partial charge < -0.3 is 35.2 Å². The number of ether oxygens (including phenoxy) is 1. The molecule has 7 N–H and O–H groups in total. The van der Waals surface area contributed by atoms with E-state index in [2.05, 4.69) is 18.1 Å². The van der Waals surface area contributed by atoms with Crippen LogP contribution >= 0.6 is 23.5 Å². The third-order valence-corrected chi connectivity index (χ3v) is 6.99. The molecule has 164 valence electrons. The number of aliphatic hydroxyl groups is 1.